The van der Waals surface area contributed by atoms with Crippen LogP contribution in [0.5, 0.6) is 0 Å². The fraction of sp³-hybridized carbons (Fsp3) is 0.812. The molecule has 1 fully saturated rings. The minimum atomic E-state index is 0.400. The van der Waals surface area contributed by atoms with E-state index in [0.29, 0.717) is 12.1 Å². The van der Waals surface area contributed by atoms with E-state index in [1.54, 1.807) is 0 Å². The maximum absolute atomic E-state index is 5.72. The Kier molecular flexibility index (Phi) is 6.45. The molecule has 1 aliphatic heterocycles. The van der Waals surface area contributed by atoms with E-state index in [9.17, 15) is 0 Å². The van der Waals surface area contributed by atoms with E-state index in [4.69, 9.17) is 9.72 Å². The SMILES string of the molecule is CCCNC(C)c1sc(N2CCC(OCC)CC2)nc1C. The molecule has 1 aromatic rings. The minimum Gasteiger partial charge on any atom is -0.378 e. The highest BCUT2D eigenvalue weighted by Crippen LogP contribution is 2.32. The molecular weight excluding hydrogens is 282 g/mol. The summed E-state index contributed by atoms with van der Waals surface area (Å²) in [5.41, 5.74) is 1.18. The van der Waals surface area contributed by atoms with Gasteiger partial charge < -0.3 is 15.0 Å². The number of anilines is 1. The van der Waals surface area contributed by atoms with Crippen molar-refractivity contribution in [3.63, 3.8) is 0 Å². The maximum Gasteiger partial charge on any atom is 0.185 e. The molecule has 1 saturated heterocycles. The average molecular weight is 311 g/mol. The molecule has 5 heteroatoms. The van der Waals surface area contributed by atoms with E-state index in [2.05, 4.69) is 37.9 Å². The van der Waals surface area contributed by atoms with E-state index in [1.807, 2.05) is 11.3 Å². The first kappa shape index (κ1) is 16.7. The van der Waals surface area contributed by atoms with Gasteiger partial charge in [0.1, 0.15) is 0 Å². The van der Waals surface area contributed by atoms with Gasteiger partial charge in [0.25, 0.3) is 0 Å². The summed E-state index contributed by atoms with van der Waals surface area (Å²) in [7, 11) is 0. The molecule has 0 radical (unpaired) electrons. The van der Waals surface area contributed by atoms with Crippen LogP contribution in [0.15, 0.2) is 0 Å². The van der Waals surface area contributed by atoms with Gasteiger partial charge in [0.2, 0.25) is 0 Å². The molecule has 0 amide bonds. The Labute approximate surface area is 132 Å². The smallest absolute Gasteiger partial charge is 0.185 e. The van der Waals surface area contributed by atoms with Crippen LogP contribution in [0.1, 0.15) is 56.6 Å². The number of hydrogen-bond acceptors (Lipinski definition) is 5. The van der Waals surface area contributed by atoms with E-state index >= 15 is 0 Å². The first-order chi connectivity index (χ1) is 10.2. The molecule has 4 nitrogen and oxygen atoms in total. The zero-order chi connectivity index (χ0) is 15.2. The van der Waals surface area contributed by atoms with Gasteiger partial charge >= 0.3 is 0 Å². The van der Waals surface area contributed by atoms with Gasteiger partial charge in [-0.2, -0.15) is 0 Å². The monoisotopic (exact) mass is 311 g/mol. The van der Waals surface area contributed by atoms with Crippen LogP contribution in [-0.2, 0) is 4.74 Å². The van der Waals surface area contributed by atoms with Crippen LogP contribution < -0.4 is 10.2 Å². The van der Waals surface area contributed by atoms with Gasteiger partial charge in [0.15, 0.2) is 5.13 Å². The topological polar surface area (TPSA) is 37.4 Å². The lowest BCUT2D eigenvalue weighted by Gasteiger charge is -2.31. The fourth-order valence-corrected chi connectivity index (χ4v) is 3.98. The van der Waals surface area contributed by atoms with Crippen LogP contribution in [0.2, 0.25) is 0 Å². The molecule has 0 bridgehead atoms. The molecule has 1 unspecified atom stereocenters. The van der Waals surface area contributed by atoms with E-state index < -0.39 is 0 Å². The van der Waals surface area contributed by atoms with Crippen LogP contribution in [0.3, 0.4) is 0 Å². The van der Waals surface area contributed by atoms with Gasteiger partial charge in [0.05, 0.1) is 11.8 Å². The van der Waals surface area contributed by atoms with E-state index in [1.165, 1.54) is 22.1 Å². The van der Waals surface area contributed by atoms with Crippen molar-refractivity contribution < 1.29 is 4.74 Å². The van der Waals surface area contributed by atoms with Gasteiger partial charge in [-0.3, -0.25) is 0 Å². The highest BCUT2D eigenvalue weighted by molar-refractivity contribution is 7.15. The Balaban J connectivity index is 1.96. The Morgan fingerprint density at radius 2 is 2.10 bits per heavy atom. The zero-order valence-corrected chi connectivity index (χ0v) is 14.6. The van der Waals surface area contributed by atoms with E-state index in [-0.39, 0.29) is 0 Å². The molecule has 2 rings (SSSR count). The second kappa shape index (κ2) is 8.11. The van der Waals surface area contributed by atoms with Gasteiger partial charge in [-0.05, 0) is 46.6 Å². The van der Waals surface area contributed by atoms with Gasteiger partial charge in [-0.1, -0.05) is 6.92 Å². The van der Waals surface area contributed by atoms with Crippen molar-refractivity contribution >= 4 is 16.5 Å². The molecule has 0 aliphatic carbocycles. The number of ether oxygens (including phenoxy) is 1. The van der Waals surface area contributed by atoms with Gasteiger partial charge in [-0.25, -0.2) is 4.98 Å². The van der Waals surface area contributed by atoms with Crippen molar-refractivity contribution in [1.29, 1.82) is 0 Å². The molecule has 1 aromatic heterocycles. The molecule has 1 aliphatic rings. The summed E-state index contributed by atoms with van der Waals surface area (Å²) >= 11 is 1.85. The van der Waals surface area contributed by atoms with Crippen LogP contribution in [-0.4, -0.2) is 37.3 Å². The predicted octanol–water partition coefficient (Wildman–Crippen LogP) is 3.52. The summed E-state index contributed by atoms with van der Waals surface area (Å²) in [5.74, 6) is 0. The second-order valence-electron chi connectivity index (χ2n) is 5.76. The average Bonchev–Trinajstić information content (AvgIpc) is 2.88. The number of thiazole rings is 1. The van der Waals surface area contributed by atoms with Crippen LogP contribution in [0.4, 0.5) is 5.13 Å². The summed E-state index contributed by atoms with van der Waals surface area (Å²) in [4.78, 5) is 8.60. The molecule has 2 heterocycles. The summed E-state index contributed by atoms with van der Waals surface area (Å²) in [5, 5.41) is 4.74. The molecular formula is C16H29N3OS. The Bertz CT molecular complexity index is 427. The summed E-state index contributed by atoms with van der Waals surface area (Å²) < 4.78 is 5.72. The molecule has 1 atom stereocenters. The van der Waals surface area contributed by atoms with Crippen molar-refractivity contribution in [3.8, 4) is 0 Å². The lowest BCUT2D eigenvalue weighted by Crippen LogP contribution is -2.37. The standard InChI is InChI=1S/C16H29N3OS/c1-5-9-17-12(3)15-13(4)18-16(21-15)19-10-7-14(8-11-19)20-6-2/h12,14,17H,5-11H2,1-4H3. The normalized spacial score (nSPS) is 18.2. The fourth-order valence-electron chi connectivity index (χ4n) is 2.83. The summed E-state index contributed by atoms with van der Waals surface area (Å²) in [6.45, 7) is 12.7. The number of rotatable bonds is 7. The number of hydrogen-bond donors (Lipinski definition) is 1. The summed E-state index contributed by atoms with van der Waals surface area (Å²) in [6, 6.07) is 0.400. The third-order valence-electron chi connectivity index (χ3n) is 4.03. The van der Waals surface area contributed by atoms with Crippen molar-refractivity contribution in [2.24, 2.45) is 0 Å². The van der Waals surface area contributed by atoms with Crippen molar-refractivity contribution in [3.05, 3.63) is 10.6 Å². The van der Waals surface area contributed by atoms with Crippen molar-refractivity contribution in [1.82, 2.24) is 10.3 Å². The third-order valence-corrected chi connectivity index (χ3v) is 5.43. The van der Waals surface area contributed by atoms with Crippen molar-refractivity contribution in [2.75, 3.05) is 31.1 Å². The van der Waals surface area contributed by atoms with Gasteiger partial charge in [-0.15, -0.1) is 11.3 Å². The van der Waals surface area contributed by atoms with Crippen molar-refractivity contribution in [2.45, 2.75) is 59.1 Å². The maximum atomic E-state index is 5.72. The number of aryl methyl sites for hydroxylation is 1. The highest BCUT2D eigenvalue weighted by Gasteiger charge is 2.23. The zero-order valence-electron chi connectivity index (χ0n) is 13.8. The lowest BCUT2D eigenvalue weighted by atomic mass is 10.1. The number of nitrogens with zero attached hydrogens (tertiary/aromatic N) is 2. The Morgan fingerprint density at radius 3 is 2.71 bits per heavy atom. The second-order valence-corrected chi connectivity index (χ2v) is 6.77. The highest BCUT2D eigenvalue weighted by atomic mass is 32.1. The molecule has 0 spiro atoms. The first-order valence-corrected chi connectivity index (χ1v) is 9.04. The first-order valence-electron chi connectivity index (χ1n) is 8.22. The number of nitrogens with one attached hydrogen (secondary N) is 1. The van der Waals surface area contributed by atoms with E-state index in [0.717, 1.165) is 39.1 Å². The van der Waals surface area contributed by atoms with Gasteiger partial charge in [0, 0.05) is 30.6 Å². The van der Waals surface area contributed by atoms with Crippen LogP contribution >= 0.6 is 11.3 Å². The Hall–Kier alpha value is -0.650. The number of piperidine rings is 1. The number of aromatic nitrogens is 1. The molecule has 120 valence electrons. The predicted molar refractivity (Wildman–Crippen MR) is 90.4 cm³/mol. The Morgan fingerprint density at radius 1 is 1.38 bits per heavy atom. The molecule has 1 N–H and O–H groups in total. The van der Waals surface area contributed by atoms with Crippen LogP contribution in [0.25, 0.3) is 0 Å². The molecule has 0 aromatic carbocycles. The van der Waals surface area contributed by atoms with Crippen LogP contribution in [0, 0.1) is 6.92 Å². The third kappa shape index (κ3) is 4.41. The lowest BCUT2D eigenvalue weighted by molar-refractivity contribution is 0.0459. The minimum absolute atomic E-state index is 0.400. The molecule has 21 heavy (non-hydrogen) atoms. The largest absolute Gasteiger partial charge is 0.378 e. The molecule has 0 saturated carbocycles. The summed E-state index contributed by atoms with van der Waals surface area (Å²) in [6.07, 6.45) is 3.84. The quantitative estimate of drug-likeness (QED) is 0.836.